The van der Waals surface area contributed by atoms with Crippen LogP contribution in [0.3, 0.4) is 0 Å². The number of alkyl halides is 2. The van der Waals surface area contributed by atoms with E-state index in [1.807, 2.05) is 0 Å². The molecular formula is C10H12F2N2O2. The molecule has 0 saturated carbocycles. The van der Waals surface area contributed by atoms with Gasteiger partial charge in [-0.1, -0.05) is 6.07 Å². The van der Waals surface area contributed by atoms with Gasteiger partial charge in [0.1, 0.15) is 0 Å². The van der Waals surface area contributed by atoms with Crippen LogP contribution < -0.4 is 5.73 Å². The zero-order valence-corrected chi connectivity index (χ0v) is 8.69. The lowest BCUT2D eigenvalue weighted by molar-refractivity contribution is -0.385. The average Bonchev–Trinajstić information content (AvgIpc) is 2.20. The van der Waals surface area contributed by atoms with Gasteiger partial charge < -0.3 is 5.73 Å². The van der Waals surface area contributed by atoms with Crippen LogP contribution in [-0.2, 0) is 0 Å². The summed E-state index contributed by atoms with van der Waals surface area (Å²) in [5.74, 6) is -1.15. The zero-order valence-electron chi connectivity index (χ0n) is 8.69. The fourth-order valence-corrected chi connectivity index (χ4v) is 1.51. The molecule has 0 aliphatic heterocycles. The third kappa shape index (κ3) is 2.52. The molecule has 2 N–H and O–H groups in total. The molecule has 0 fully saturated rings. The van der Waals surface area contributed by atoms with Crippen LogP contribution >= 0.6 is 0 Å². The fourth-order valence-electron chi connectivity index (χ4n) is 1.51. The Balaban J connectivity index is 3.19. The van der Waals surface area contributed by atoms with E-state index in [0.29, 0.717) is 5.56 Å². The van der Waals surface area contributed by atoms with Gasteiger partial charge in [-0.15, -0.1) is 0 Å². The minimum Gasteiger partial charge on any atom is -0.330 e. The number of nitro groups is 1. The van der Waals surface area contributed by atoms with E-state index in [4.69, 9.17) is 5.73 Å². The lowest BCUT2D eigenvalue weighted by Crippen LogP contribution is -2.20. The highest BCUT2D eigenvalue weighted by molar-refractivity contribution is 5.41. The van der Waals surface area contributed by atoms with Crippen molar-refractivity contribution < 1.29 is 13.7 Å². The van der Waals surface area contributed by atoms with Crippen molar-refractivity contribution in [2.24, 2.45) is 5.73 Å². The van der Waals surface area contributed by atoms with Crippen LogP contribution in [0.25, 0.3) is 0 Å². The summed E-state index contributed by atoms with van der Waals surface area (Å²) in [6.45, 7) is 1.39. The normalized spacial score (nSPS) is 12.8. The molecule has 1 rings (SSSR count). The molecule has 6 heteroatoms. The molecule has 0 aliphatic rings. The number of halogens is 2. The van der Waals surface area contributed by atoms with E-state index in [-0.39, 0.29) is 17.8 Å². The van der Waals surface area contributed by atoms with Gasteiger partial charge in [-0.25, -0.2) is 8.78 Å². The van der Waals surface area contributed by atoms with Crippen LogP contribution in [0.1, 0.15) is 17.0 Å². The average molecular weight is 230 g/mol. The summed E-state index contributed by atoms with van der Waals surface area (Å²) in [7, 11) is 0. The Kier molecular flexibility index (Phi) is 3.89. The zero-order chi connectivity index (χ0) is 12.3. The Labute approximate surface area is 91.2 Å². The predicted octanol–water partition coefficient (Wildman–Crippen LogP) is 2.21. The number of nitro benzene ring substituents is 1. The van der Waals surface area contributed by atoms with Gasteiger partial charge in [-0.3, -0.25) is 10.1 Å². The van der Waals surface area contributed by atoms with Crippen LogP contribution in [-0.4, -0.2) is 17.9 Å². The maximum Gasteiger partial charge on any atom is 0.269 e. The van der Waals surface area contributed by atoms with Gasteiger partial charge in [-0.2, -0.15) is 0 Å². The highest BCUT2D eigenvalue weighted by Gasteiger charge is 2.24. The summed E-state index contributed by atoms with van der Waals surface area (Å²) < 4.78 is 25.3. The van der Waals surface area contributed by atoms with E-state index in [1.54, 1.807) is 6.92 Å². The van der Waals surface area contributed by atoms with Crippen LogP contribution in [0.2, 0.25) is 0 Å². The Morgan fingerprint density at radius 3 is 2.56 bits per heavy atom. The molecule has 0 radical (unpaired) electrons. The number of hydrogen-bond donors (Lipinski definition) is 1. The van der Waals surface area contributed by atoms with Crippen LogP contribution in [0.5, 0.6) is 0 Å². The number of nitrogens with zero attached hydrogens (tertiary/aromatic N) is 1. The van der Waals surface area contributed by atoms with Crippen molar-refractivity contribution in [1.82, 2.24) is 0 Å². The predicted molar refractivity (Wildman–Crippen MR) is 55.6 cm³/mol. The first-order valence-electron chi connectivity index (χ1n) is 4.70. The number of non-ortho nitro benzene ring substituents is 1. The summed E-state index contributed by atoms with van der Waals surface area (Å²) in [5, 5.41) is 10.5. The van der Waals surface area contributed by atoms with Gasteiger partial charge in [0.15, 0.2) is 0 Å². The Morgan fingerprint density at radius 1 is 1.50 bits per heavy atom. The first-order valence-corrected chi connectivity index (χ1v) is 4.70. The van der Waals surface area contributed by atoms with E-state index in [9.17, 15) is 18.9 Å². The van der Waals surface area contributed by atoms with Gasteiger partial charge in [0.2, 0.25) is 6.43 Å². The van der Waals surface area contributed by atoms with Crippen molar-refractivity contribution in [3.63, 3.8) is 0 Å². The number of aryl methyl sites for hydroxylation is 1. The standard InChI is InChI=1S/C10H12F2N2O2/c1-6-2-3-7(14(15)16)4-8(6)9(5-13)10(11)12/h2-4,9-10H,5,13H2,1H3. The van der Waals surface area contributed by atoms with Gasteiger partial charge in [0, 0.05) is 18.7 Å². The second-order valence-corrected chi connectivity index (χ2v) is 3.47. The highest BCUT2D eigenvalue weighted by atomic mass is 19.3. The topological polar surface area (TPSA) is 69.2 Å². The van der Waals surface area contributed by atoms with Gasteiger partial charge in [0.25, 0.3) is 5.69 Å². The third-order valence-corrected chi connectivity index (χ3v) is 2.43. The van der Waals surface area contributed by atoms with Crippen molar-refractivity contribution >= 4 is 5.69 Å². The minimum absolute atomic E-state index is 0.195. The molecule has 0 bridgehead atoms. The summed E-state index contributed by atoms with van der Waals surface area (Å²) in [6.07, 6.45) is -2.62. The van der Waals surface area contributed by atoms with Crippen molar-refractivity contribution in [2.75, 3.05) is 6.54 Å². The smallest absolute Gasteiger partial charge is 0.269 e. The number of nitrogens with two attached hydrogens (primary N) is 1. The molecular weight excluding hydrogens is 218 g/mol. The molecule has 4 nitrogen and oxygen atoms in total. The summed E-state index contributed by atoms with van der Waals surface area (Å²) in [5.41, 5.74) is 5.88. The Hall–Kier alpha value is -1.56. The first kappa shape index (κ1) is 12.5. The van der Waals surface area contributed by atoms with E-state index in [1.165, 1.54) is 18.2 Å². The highest BCUT2D eigenvalue weighted by Crippen LogP contribution is 2.28. The van der Waals surface area contributed by atoms with Crippen molar-refractivity contribution in [2.45, 2.75) is 19.3 Å². The Bertz CT molecular complexity index is 396. The quantitative estimate of drug-likeness (QED) is 0.636. The molecule has 1 aromatic rings. The summed E-state index contributed by atoms with van der Waals surface area (Å²) >= 11 is 0. The monoisotopic (exact) mass is 230 g/mol. The molecule has 88 valence electrons. The number of rotatable bonds is 4. The molecule has 16 heavy (non-hydrogen) atoms. The minimum atomic E-state index is -2.62. The second-order valence-electron chi connectivity index (χ2n) is 3.47. The van der Waals surface area contributed by atoms with E-state index < -0.39 is 17.3 Å². The molecule has 0 heterocycles. The molecule has 1 atom stereocenters. The third-order valence-electron chi connectivity index (χ3n) is 2.43. The second kappa shape index (κ2) is 4.98. The van der Waals surface area contributed by atoms with Crippen LogP contribution in [0, 0.1) is 17.0 Å². The van der Waals surface area contributed by atoms with E-state index in [0.717, 1.165) is 0 Å². The van der Waals surface area contributed by atoms with Crippen molar-refractivity contribution in [1.29, 1.82) is 0 Å². The molecule has 0 aromatic heterocycles. The lowest BCUT2D eigenvalue weighted by atomic mass is 9.94. The van der Waals surface area contributed by atoms with Gasteiger partial charge in [-0.05, 0) is 18.1 Å². The largest absolute Gasteiger partial charge is 0.330 e. The van der Waals surface area contributed by atoms with E-state index >= 15 is 0 Å². The van der Waals surface area contributed by atoms with E-state index in [2.05, 4.69) is 0 Å². The molecule has 0 aliphatic carbocycles. The van der Waals surface area contributed by atoms with Crippen LogP contribution in [0.15, 0.2) is 18.2 Å². The molecule has 0 spiro atoms. The van der Waals surface area contributed by atoms with Gasteiger partial charge >= 0.3 is 0 Å². The maximum absolute atomic E-state index is 12.6. The van der Waals surface area contributed by atoms with Crippen LogP contribution in [0.4, 0.5) is 14.5 Å². The number of benzene rings is 1. The van der Waals surface area contributed by atoms with Crippen molar-refractivity contribution in [3.05, 3.63) is 39.4 Å². The lowest BCUT2D eigenvalue weighted by Gasteiger charge is -2.16. The SMILES string of the molecule is Cc1ccc([N+](=O)[O-])cc1C(CN)C(F)F. The maximum atomic E-state index is 12.6. The number of hydrogen-bond acceptors (Lipinski definition) is 3. The van der Waals surface area contributed by atoms with Crippen molar-refractivity contribution in [3.8, 4) is 0 Å². The van der Waals surface area contributed by atoms with Gasteiger partial charge in [0.05, 0.1) is 10.8 Å². The molecule has 0 saturated heterocycles. The summed E-state index contributed by atoms with van der Waals surface area (Å²) in [6, 6.07) is 3.91. The molecule has 1 unspecified atom stereocenters. The molecule has 0 amide bonds. The Morgan fingerprint density at radius 2 is 2.12 bits per heavy atom. The first-order chi connectivity index (χ1) is 7.47. The fraction of sp³-hybridized carbons (Fsp3) is 0.400. The summed E-state index contributed by atoms with van der Waals surface area (Å²) in [4.78, 5) is 9.92. The molecule has 1 aromatic carbocycles.